The molecule has 2 rings (SSSR count). The molecule has 1 aliphatic rings. The molecule has 19 heavy (non-hydrogen) atoms. The van der Waals surface area contributed by atoms with Gasteiger partial charge < -0.3 is 5.73 Å². The summed E-state index contributed by atoms with van der Waals surface area (Å²) < 4.78 is 26.4. The van der Waals surface area contributed by atoms with Gasteiger partial charge in [-0.05, 0) is 24.1 Å². The zero-order valence-electron chi connectivity index (χ0n) is 10.4. The number of benzene rings is 1. The number of rotatable bonds is 2. The van der Waals surface area contributed by atoms with Gasteiger partial charge in [-0.3, -0.25) is 0 Å². The molecule has 0 amide bonds. The highest BCUT2D eigenvalue weighted by Gasteiger charge is 2.36. The fraction of sp³-hybridized carbons (Fsp3) is 0.417. The summed E-state index contributed by atoms with van der Waals surface area (Å²) in [4.78, 5) is -0.0520. The van der Waals surface area contributed by atoms with Crippen LogP contribution in [0.1, 0.15) is 12.5 Å². The molecule has 0 aliphatic carbocycles. The zero-order valence-corrected chi connectivity index (χ0v) is 11.9. The van der Waals surface area contributed by atoms with E-state index < -0.39 is 10.0 Å². The van der Waals surface area contributed by atoms with Crippen LogP contribution >= 0.6 is 11.6 Å². The van der Waals surface area contributed by atoms with Gasteiger partial charge in [-0.2, -0.15) is 9.57 Å². The summed E-state index contributed by atoms with van der Waals surface area (Å²) >= 11 is 5.83. The molecule has 1 aromatic carbocycles. The molecule has 2 atom stereocenters. The van der Waals surface area contributed by atoms with Crippen LogP contribution in [0.25, 0.3) is 0 Å². The first-order chi connectivity index (χ1) is 8.86. The molecule has 0 saturated carbocycles. The molecule has 0 bridgehead atoms. The third-order valence-corrected chi connectivity index (χ3v) is 5.43. The average Bonchev–Trinajstić information content (AvgIpc) is 2.70. The normalized spacial score (nSPS) is 24.3. The molecule has 2 N–H and O–H groups in total. The first-order valence-electron chi connectivity index (χ1n) is 5.81. The SMILES string of the molecule is CC1CN(S(=O)(=O)c2cc(Cl)ccc2C#N)CC1N. The van der Waals surface area contributed by atoms with Crippen LogP contribution in [0, 0.1) is 17.2 Å². The quantitative estimate of drug-likeness (QED) is 0.888. The van der Waals surface area contributed by atoms with Crippen molar-refractivity contribution >= 4 is 21.6 Å². The van der Waals surface area contributed by atoms with E-state index in [9.17, 15) is 8.42 Å². The highest BCUT2D eigenvalue weighted by Crippen LogP contribution is 2.27. The van der Waals surface area contributed by atoms with E-state index in [1.807, 2.05) is 13.0 Å². The molecule has 7 heteroatoms. The van der Waals surface area contributed by atoms with Gasteiger partial charge in [0.1, 0.15) is 11.0 Å². The third kappa shape index (κ3) is 2.60. The Balaban J connectivity index is 2.46. The Hall–Kier alpha value is -1.13. The zero-order chi connectivity index (χ0) is 14.2. The van der Waals surface area contributed by atoms with Crippen LogP contribution in [0.15, 0.2) is 23.1 Å². The number of nitriles is 1. The van der Waals surface area contributed by atoms with Crippen LogP contribution in [0.5, 0.6) is 0 Å². The first kappa shape index (κ1) is 14.3. The van der Waals surface area contributed by atoms with Gasteiger partial charge in [0.2, 0.25) is 10.0 Å². The van der Waals surface area contributed by atoms with Crippen LogP contribution in [0.2, 0.25) is 5.02 Å². The molecule has 0 radical (unpaired) electrons. The van der Waals surface area contributed by atoms with Crippen molar-refractivity contribution in [2.24, 2.45) is 11.7 Å². The first-order valence-corrected chi connectivity index (χ1v) is 7.63. The van der Waals surface area contributed by atoms with Crippen LogP contribution in [-0.4, -0.2) is 31.9 Å². The lowest BCUT2D eigenvalue weighted by Crippen LogP contribution is -2.32. The molecule has 0 aromatic heterocycles. The molecular weight excluding hydrogens is 286 g/mol. The Labute approximate surface area is 117 Å². The van der Waals surface area contributed by atoms with Gasteiger partial charge in [-0.25, -0.2) is 8.42 Å². The lowest BCUT2D eigenvalue weighted by molar-refractivity contribution is 0.464. The minimum Gasteiger partial charge on any atom is -0.326 e. The maximum atomic E-state index is 12.5. The highest BCUT2D eigenvalue weighted by molar-refractivity contribution is 7.89. The Kier molecular flexibility index (Phi) is 3.83. The van der Waals surface area contributed by atoms with Gasteiger partial charge in [0.15, 0.2) is 0 Å². The largest absolute Gasteiger partial charge is 0.326 e. The molecule has 5 nitrogen and oxygen atoms in total. The van der Waals surface area contributed by atoms with Crippen molar-refractivity contribution in [2.45, 2.75) is 17.9 Å². The number of hydrogen-bond acceptors (Lipinski definition) is 4. The summed E-state index contributed by atoms with van der Waals surface area (Å²) in [5, 5.41) is 9.30. The van der Waals surface area contributed by atoms with E-state index in [2.05, 4.69) is 0 Å². The Morgan fingerprint density at radius 1 is 1.47 bits per heavy atom. The molecule has 2 unspecified atom stereocenters. The van der Waals surface area contributed by atoms with E-state index >= 15 is 0 Å². The van der Waals surface area contributed by atoms with Crippen LogP contribution in [-0.2, 0) is 10.0 Å². The summed E-state index contributed by atoms with van der Waals surface area (Å²) in [6.07, 6.45) is 0. The Morgan fingerprint density at radius 2 is 2.16 bits per heavy atom. The number of hydrogen-bond donors (Lipinski definition) is 1. The summed E-state index contributed by atoms with van der Waals surface area (Å²) in [7, 11) is -3.72. The summed E-state index contributed by atoms with van der Waals surface area (Å²) in [6, 6.07) is 5.92. The number of halogens is 1. The van der Waals surface area contributed by atoms with Crippen molar-refractivity contribution in [1.29, 1.82) is 5.26 Å². The van der Waals surface area contributed by atoms with E-state index in [-0.39, 0.29) is 34.0 Å². The van der Waals surface area contributed by atoms with E-state index in [0.29, 0.717) is 6.54 Å². The van der Waals surface area contributed by atoms with Gasteiger partial charge in [-0.1, -0.05) is 18.5 Å². The van der Waals surface area contributed by atoms with Gasteiger partial charge >= 0.3 is 0 Å². The number of nitrogens with two attached hydrogens (primary N) is 1. The molecule has 1 aromatic rings. The molecule has 1 fully saturated rings. The van der Waals surface area contributed by atoms with Crippen molar-refractivity contribution < 1.29 is 8.42 Å². The number of nitrogens with zero attached hydrogens (tertiary/aromatic N) is 2. The van der Waals surface area contributed by atoms with E-state index in [0.717, 1.165) is 0 Å². The van der Waals surface area contributed by atoms with E-state index in [4.69, 9.17) is 22.6 Å². The minimum absolute atomic E-state index is 0.0520. The predicted molar refractivity (Wildman–Crippen MR) is 72.1 cm³/mol. The topological polar surface area (TPSA) is 87.2 Å². The van der Waals surface area contributed by atoms with Gasteiger partial charge in [-0.15, -0.1) is 0 Å². The summed E-state index contributed by atoms with van der Waals surface area (Å²) in [5.74, 6) is 0.0968. The molecule has 0 spiro atoms. The van der Waals surface area contributed by atoms with E-state index in [1.54, 1.807) is 0 Å². The molecular formula is C12H14ClN3O2S. The standard InChI is InChI=1S/C12H14ClN3O2S/c1-8-6-16(7-11(8)15)19(17,18)12-4-10(13)3-2-9(12)5-14/h2-4,8,11H,6-7,15H2,1H3. The maximum absolute atomic E-state index is 12.5. The van der Waals surface area contributed by atoms with Gasteiger partial charge in [0.25, 0.3) is 0 Å². The fourth-order valence-corrected chi connectivity index (χ4v) is 4.07. The highest BCUT2D eigenvalue weighted by atomic mass is 35.5. The average molecular weight is 300 g/mol. The summed E-state index contributed by atoms with van der Waals surface area (Å²) in [6.45, 7) is 2.53. The van der Waals surface area contributed by atoms with Gasteiger partial charge in [0, 0.05) is 24.2 Å². The smallest absolute Gasteiger partial charge is 0.244 e. The van der Waals surface area contributed by atoms with Crippen molar-refractivity contribution in [3.8, 4) is 6.07 Å². The monoisotopic (exact) mass is 299 g/mol. The lowest BCUT2D eigenvalue weighted by Gasteiger charge is -2.17. The minimum atomic E-state index is -3.72. The summed E-state index contributed by atoms with van der Waals surface area (Å²) in [5.41, 5.74) is 5.94. The molecule has 1 heterocycles. The fourth-order valence-electron chi connectivity index (χ4n) is 2.08. The van der Waals surface area contributed by atoms with Crippen molar-refractivity contribution in [1.82, 2.24) is 4.31 Å². The maximum Gasteiger partial charge on any atom is 0.244 e. The van der Waals surface area contributed by atoms with Crippen molar-refractivity contribution in [3.63, 3.8) is 0 Å². The van der Waals surface area contributed by atoms with Gasteiger partial charge in [0.05, 0.1) is 5.56 Å². The third-order valence-electron chi connectivity index (χ3n) is 3.32. The molecule has 1 saturated heterocycles. The number of sulfonamides is 1. The van der Waals surface area contributed by atoms with E-state index in [1.165, 1.54) is 22.5 Å². The second-order valence-corrected chi connectivity index (χ2v) is 7.06. The lowest BCUT2D eigenvalue weighted by atomic mass is 10.1. The molecule has 102 valence electrons. The second kappa shape index (κ2) is 5.10. The van der Waals surface area contributed by atoms with Crippen LogP contribution < -0.4 is 5.73 Å². The predicted octanol–water partition coefficient (Wildman–Crippen LogP) is 1.18. The van der Waals surface area contributed by atoms with Crippen LogP contribution in [0.3, 0.4) is 0 Å². The van der Waals surface area contributed by atoms with Crippen molar-refractivity contribution in [2.75, 3.05) is 13.1 Å². The second-order valence-electron chi connectivity index (χ2n) is 4.72. The van der Waals surface area contributed by atoms with Crippen molar-refractivity contribution in [3.05, 3.63) is 28.8 Å². The van der Waals surface area contributed by atoms with Crippen LogP contribution in [0.4, 0.5) is 0 Å². The Morgan fingerprint density at radius 3 is 2.68 bits per heavy atom. The Bertz CT molecular complexity index is 629. The molecule has 1 aliphatic heterocycles.